The molecule has 0 spiro atoms. The number of nitrogens with two attached hydrogens (primary N) is 1. The lowest BCUT2D eigenvalue weighted by Crippen LogP contribution is -2.49. The molecule has 3 atom stereocenters. The van der Waals surface area contributed by atoms with Gasteiger partial charge < -0.3 is 20.7 Å². The zero-order valence-electron chi connectivity index (χ0n) is 21.5. The summed E-state index contributed by atoms with van der Waals surface area (Å²) >= 11 is 1.10. The number of pyridine rings is 1. The summed E-state index contributed by atoms with van der Waals surface area (Å²) in [6.45, 7) is 5.05. The van der Waals surface area contributed by atoms with Gasteiger partial charge in [0.15, 0.2) is 28.7 Å². The number of ether oxygens (including phenoxy) is 1. The van der Waals surface area contributed by atoms with Crippen LogP contribution in [-0.4, -0.2) is 55.9 Å². The SMILES string of the molecule is C#C[C@H](C)Oc1cnc2c(Nc3cc(F)c(F)c([C@]4(C)C[C@](C)(C(=O)N(C)C)SC(N)=N4)c3)nccc2n1. The van der Waals surface area contributed by atoms with Gasteiger partial charge in [0.05, 0.1) is 17.3 Å². The Labute approximate surface area is 223 Å². The topological polar surface area (TPSA) is 119 Å². The number of carbonyl (C=O) groups excluding carboxylic acids is 1. The molecule has 12 heteroatoms. The Bertz CT molecular complexity index is 1490. The third kappa shape index (κ3) is 5.19. The molecule has 0 radical (unpaired) electrons. The molecule has 2 aromatic heterocycles. The standard InChI is InChI=1S/C26H27F2N7O2S/c1-7-14(2)37-19-12-31-21-18(33-19)8-9-30-22(21)32-15-10-16(20(28)17(27)11-15)25(3)13-26(4,23(36)35(5)6)38-24(29)34-25/h1,8-12,14H,13H2,2-6H3,(H2,29,34)(H,30,32)/t14-,25-,26+/m0/s1. The molecular weight excluding hydrogens is 512 g/mol. The first-order valence-electron chi connectivity index (χ1n) is 11.6. The number of thioether (sulfide) groups is 1. The number of rotatable bonds is 6. The van der Waals surface area contributed by atoms with Crippen molar-refractivity contribution in [2.24, 2.45) is 10.7 Å². The number of benzene rings is 1. The third-order valence-electron chi connectivity index (χ3n) is 6.07. The molecule has 3 aromatic rings. The second-order valence-electron chi connectivity index (χ2n) is 9.54. The van der Waals surface area contributed by atoms with E-state index in [0.29, 0.717) is 11.0 Å². The van der Waals surface area contributed by atoms with E-state index in [1.807, 2.05) is 0 Å². The van der Waals surface area contributed by atoms with Gasteiger partial charge in [0.1, 0.15) is 10.3 Å². The Morgan fingerprint density at radius 2 is 2.05 bits per heavy atom. The quantitative estimate of drug-likeness (QED) is 0.452. The number of nitrogens with zero attached hydrogens (tertiary/aromatic N) is 5. The molecule has 3 heterocycles. The number of fused-ring (bicyclic) bond motifs is 1. The number of anilines is 2. The van der Waals surface area contributed by atoms with Crippen LogP contribution in [-0.2, 0) is 10.3 Å². The minimum Gasteiger partial charge on any atom is -0.460 e. The van der Waals surface area contributed by atoms with E-state index >= 15 is 4.39 Å². The van der Waals surface area contributed by atoms with Gasteiger partial charge in [-0.05, 0) is 32.9 Å². The molecule has 0 unspecified atom stereocenters. The Kier molecular flexibility index (Phi) is 7.16. The Morgan fingerprint density at radius 1 is 1.32 bits per heavy atom. The van der Waals surface area contributed by atoms with E-state index in [1.54, 1.807) is 40.9 Å². The molecule has 0 aliphatic carbocycles. The summed E-state index contributed by atoms with van der Waals surface area (Å²) in [6, 6.07) is 4.08. The van der Waals surface area contributed by atoms with Crippen LogP contribution in [0.3, 0.4) is 0 Å². The van der Waals surface area contributed by atoms with Crippen LogP contribution in [0.4, 0.5) is 20.3 Å². The number of amidine groups is 1. The highest BCUT2D eigenvalue weighted by molar-refractivity contribution is 8.15. The van der Waals surface area contributed by atoms with Crippen molar-refractivity contribution in [2.75, 3.05) is 19.4 Å². The van der Waals surface area contributed by atoms with Crippen molar-refractivity contribution in [2.45, 2.75) is 43.6 Å². The van der Waals surface area contributed by atoms with E-state index in [9.17, 15) is 9.18 Å². The first-order chi connectivity index (χ1) is 17.8. The van der Waals surface area contributed by atoms with Gasteiger partial charge in [0.2, 0.25) is 11.8 Å². The number of aliphatic imine (C=N–C) groups is 1. The number of aromatic nitrogens is 3. The molecule has 3 N–H and O–H groups in total. The minimum atomic E-state index is -1.32. The normalized spacial score (nSPS) is 21.8. The molecule has 0 saturated carbocycles. The van der Waals surface area contributed by atoms with Crippen LogP contribution in [0.1, 0.15) is 32.8 Å². The second kappa shape index (κ2) is 10.1. The minimum absolute atomic E-state index is 0.0497. The Morgan fingerprint density at radius 3 is 2.74 bits per heavy atom. The van der Waals surface area contributed by atoms with E-state index in [-0.39, 0.29) is 40.4 Å². The van der Waals surface area contributed by atoms with Crippen LogP contribution < -0.4 is 15.8 Å². The van der Waals surface area contributed by atoms with Gasteiger partial charge in [0, 0.05) is 44.0 Å². The largest absolute Gasteiger partial charge is 0.460 e. The lowest BCUT2D eigenvalue weighted by atomic mass is 9.82. The number of carbonyl (C=O) groups is 1. The molecule has 1 aromatic carbocycles. The van der Waals surface area contributed by atoms with E-state index in [4.69, 9.17) is 16.9 Å². The van der Waals surface area contributed by atoms with Crippen molar-refractivity contribution in [1.82, 2.24) is 19.9 Å². The Balaban J connectivity index is 1.73. The molecule has 4 rings (SSSR count). The molecule has 198 valence electrons. The first kappa shape index (κ1) is 27.1. The zero-order chi connectivity index (χ0) is 27.8. The van der Waals surface area contributed by atoms with Gasteiger partial charge in [-0.3, -0.25) is 9.79 Å². The number of hydrogen-bond donors (Lipinski definition) is 2. The molecule has 0 fully saturated rings. The lowest BCUT2D eigenvalue weighted by Gasteiger charge is -2.41. The number of hydrogen-bond acceptors (Lipinski definition) is 9. The monoisotopic (exact) mass is 539 g/mol. The number of amides is 1. The van der Waals surface area contributed by atoms with Crippen LogP contribution in [0.25, 0.3) is 11.0 Å². The van der Waals surface area contributed by atoms with Crippen LogP contribution in [0.2, 0.25) is 0 Å². The summed E-state index contributed by atoms with van der Waals surface area (Å²) in [5.74, 6) is 0.582. The van der Waals surface area contributed by atoms with Gasteiger partial charge >= 0.3 is 0 Å². The third-order valence-corrected chi connectivity index (χ3v) is 7.14. The molecule has 1 aliphatic heterocycles. The van der Waals surface area contributed by atoms with E-state index < -0.39 is 28.0 Å². The van der Waals surface area contributed by atoms with Gasteiger partial charge in [-0.2, -0.15) is 0 Å². The van der Waals surface area contributed by atoms with Gasteiger partial charge in [0.25, 0.3) is 0 Å². The zero-order valence-corrected chi connectivity index (χ0v) is 22.4. The van der Waals surface area contributed by atoms with Gasteiger partial charge in [-0.25, -0.2) is 23.7 Å². The predicted molar refractivity (Wildman–Crippen MR) is 144 cm³/mol. The molecule has 0 bridgehead atoms. The van der Waals surface area contributed by atoms with Crippen LogP contribution >= 0.6 is 11.8 Å². The Hall–Kier alpha value is -3.98. The fraction of sp³-hybridized carbons (Fsp3) is 0.346. The van der Waals surface area contributed by atoms with Crippen molar-refractivity contribution < 1.29 is 18.3 Å². The molecule has 0 saturated heterocycles. The molecular formula is C26H27F2N7O2S. The maximum absolute atomic E-state index is 15.2. The highest BCUT2D eigenvalue weighted by Crippen LogP contribution is 2.47. The molecule has 1 amide bonds. The first-order valence-corrected chi connectivity index (χ1v) is 12.4. The summed E-state index contributed by atoms with van der Waals surface area (Å²) in [5.41, 5.74) is 5.77. The summed E-state index contributed by atoms with van der Waals surface area (Å²) in [5, 5.41) is 3.11. The smallest absolute Gasteiger partial charge is 0.238 e. The number of nitrogens with one attached hydrogen (secondary N) is 1. The highest BCUT2D eigenvalue weighted by Gasteiger charge is 2.48. The van der Waals surface area contributed by atoms with Gasteiger partial charge in [-0.1, -0.05) is 17.7 Å². The summed E-state index contributed by atoms with van der Waals surface area (Å²) in [6.07, 6.45) is 7.86. The highest BCUT2D eigenvalue weighted by atomic mass is 32.2. The molecule has 38 heavy (non-hydrogen) atoms. The van der Waals surface area contributed by atoms with Crippen molar-refractivity contribution in [3.05, 3.63) is 47.8 Å². The molecule has 1 aliphatic rings. The van der Waals surface area contributed by atoms with Crippen molar-refractivity contribution in [3.8, 4) is 18.2 Å². The van der Waals surface area contributed by atoms with Crippen molar-refractivity contribution in [3.63, 3.8) is 0 Å². The lowest BCUT2D eigenvalue weighted by molar-refractivity contribution is -0.131. The fourth-order valence-corrected chi connectivity index (χ4v) is 5.79. The van der Waals surface area contributed by atoms with E-state index in [0.717, 1.165) is 17.8 Å². The number of halogens is 2. The summed E-state index contributed by atoms with van der Waals surface area (Å²) < 4.78 is 34.6. The maximum atomic E-state index is 15.2. The van der Waals surface area contributed by atoms with Crippen molar-refractivity contribution >= 4 is 45.4 Å². The van der Waals surface area contributed by atoms with Crippen LogP contribution in [0.5, 0.6) is 5.88 Å². The average Bonchev–Trinajstić information content (AvgIpc) is 2.84. The van der Waals surface area contributed by atoms with Gasteiger partial charge in [-0.15, -0.1) is 6.42 Å². The predicted octanol–water partition coefficient (Wildman–Crippen LogP) is 3.96. The maximum Gasteiger partial charge on any atom is 0.238 e. The molecule has 9 nitrogen and oxygen atoms in total. The summed E-state index contributed by atoms with van der Waals surface area (Å²) in [4.78, 5) is 31.9. The van der Waals surface area contributed by atoms with E-state index in [2.05, 4.69) is 31.2 Å². The number of terminal acetylenes is 1. The second-order valence-corrected chi connectivity index (χ2v) is 11.1. The summed E-state index contributed by atoms with van der Waals surface area (Å²) in [7, 11) is 3.26. The van der Waals surface area contributed by atoms with E-state index in [1.165, 1.54) is 23.4 Å². The van der Waals surface area contributed by atoms with Crippen molar-refractivity contribution in [1.29, 1.82) is 0 Å². The fourth-order valence-electron chi connectivity index (χ4n) is 4.46. The van der Waals surface area contributed by atoms with Crippen LogP contribution in [0.15, 0.2) is 35.6 Å². The average molecular weight is 540 g/mol. The van der Waals surface area contributed by atoms with Crippen LogP contribution in [0, 0.1) is 24.0 Å².